The molecule has 0 bridgehead atoms. The number of amides is 2. The number of nitrogens with one attached hydrogen (secondary N) is 4. The van der Waals surface area contributed by atoms with Crippen LogP contribution >= 0.6 is 11.3 Å². The lowest BCUT2D eigenvalue weighted by Crippen LogP contribution is -2.28. The Bertz CT molecular complexity index is 1180. The van der Waals surface area contributed by atoms with Crippen LogP contribution < -0.4 is 10.6 Å². The molecule has 0 fully saturated rings. The van der Waals surface area contributed by atoms with E-state index >= 15 is 0 Å². The highest BCUT2D eigenvalue weighted by molar-refractivity contribution is 7.11. The van der Waals surface area contributed by atoms with Crippen molar-refractivity contribution in [1.29, 1.82) is 0 Å². The van der Waals surface area contributed by atoms with Crippen LogP contribution in [0.1, 0.15) is 53.6 Å². The number of benzene rings is 1. The largest absolute Gasteiger partial charge is 0.359 e. The van der Waals surface area contributed by atoms with Crippen LogP contribution in [0.25, 0.3) is 22.2 Å². The third kappa shape index (κ3) is 5.20. The Balaban J connectivity index is 1.47. The Morgan fingerprint density at radius 1 is 1.16 bits per heavy atom. The number of carbonyl (C=O) groups is 2. The molecule has 32 heavy (non-hydrogen) atoms. The average Bonchev–Trinajstić information content (AvgIpc) is 3.58. The van der Waals surface area contributed by atoms with Crippen LogP contribution in [0.15, 0.2) is 42.3 Å². The second-order valence-electron chi connectivity index (χ2n) is 7.52. The van der Waals surface area contributed by atoms with Crippen molar-refractivity contribution in [2.24, 2.45) is 0 Å². The van der Waals surface area contributed by atoms with Crippen molar-refractivity contribution in [3.05, 3.63) is 53.0 Å². The Labute approximate surface area is 189 Å². The molecule has 2 amide bonds. The molecule has 9 nitrogen and oxygen atoms in total. The highest BCUT2D eigenvalue weighted by atomic mass is 32.1. The molecule has 10 heteroatoms. The van der Waals surface area contributed by atoms with E-state index in [1.807, 2.05) is 18.2 Å². The maximum atomic E-state index is 12.7. The van der Waals surface area contributed by atoms with Gasteiger partial charge in [0.25, 0.3) is 5.91 Å². The second-order valence-corrected chi connectivity index (χ2v) is 8.40. The number of unbranched alkanes of at least 4 members (excludes halogenated alkanes) is 2. The Morgan fingerprint density at radius 3 is 2.88 bits per heavy atom. The summed E-state index contributed by atoms with van der Waals surface area (Å²) in [7, 11) is 1.64. The number of H-pyrrole nitrogens is 2. The van der Waals surface area contributed by atoms with Gasteiger partial charge in [-0.1, -0.05) is 18.9 Å². The summed E-state index contributed by atoms with van der Waals surface area (Å²) < 4.78 is 0. The van der Waals surface area contributed by atoms with Gasteiger partial charge in [0.2, 0.25) is 5.91 Å². The molecule has 4 N–H and O–H groups in total. The zero-order chi connectivity index (χ0) is 22.3. The van der Waals surface area contributed by atoms with Gasteiger partial charge in [-0.05, 0) is 25.0 Å². The molecule has 0 unspecified atom stereocenters. The highest BCUT2D eigenvalue weighted by Crippen LogP contribution is 2.25. The van der Waals surface area contributed by atoms with Gasteiger partial charge in [0.15, 0.2) is 0 Å². The lowest BCUT2D eigenvalue weighted by atomic mass is 10.1. The lowest BCUT2D eigenvalue weighted by Gasteiger charge is -2.16. The summed E-state index contributed by atoms with van der Waals surface area (Å²) in [6.07, 6.45) is 8.92. The first-order chi connectivity index (χ1) is 15.6. The van der Waals surface area contributed by atoms with E-state index < -0.39 is 0 Å². The van der Waals surface area contributed by atoms with Crippen LogP contribution in [0.4, 0.5) is 0 Å². The van der Waals surface area contributed by atoms with E-state index in [2.05, 4.69) is 35.8 Å². The summed E-state index contributed by atoms with van der Waals surface area (Å²) in [5.74, 6) is 0.586. The monoisotopic (exact) mass is 451 g/mol. The predicted octanol–water partition coefficient (Wildman–Crippen LogP) is 3.58. The number of rotatable bonds is 10. The minimum absolute atomic E-state index is 0.0466. The molecule has 0 aliphatic carbocycles. The summed E-state index contributed by atoms with van der Waals surface area (Å²) in [6.45, 7) is 0. The van der Waals surface area contributed by atoms with E-state index in [4.69, 9.17) is 0 Å². The Morgan fingerprint density at radius 2 is 2.06 bits per heavy atom. The van der Waals surface area contributed by atoms with Gasteiger partial charge >= 0.3 is 0 Å². The molecule has 0 radical (unpaired) electrons. The fraction of sp³-hybridized carbons (Fsp3) is 0.318. The van der Waals surface area contributed by atoms with E-state index in [0.29, 0.717) is 23.5 Å². The van der Waals surface area contributed by atoms with E-state index in [0.717, 1.165) is 41.4 Å². The number of hydrogen-bond acceptors (Lipinski definition) is 6. The minimum atomic E-state index is -0.268. The number of carbonyl (C=O) groups excluding carboxylic acids is 2. The van der Waals surface area contributed by atoms with E-state index in [1.54, 1.807) is 31.1 Å². The predicted molar refractivity (Wildman–Crippen MR) is 123 cm³/mol. The number of thiazole rings is 1. The summed E-state index contributed by atoms with van der Waals surface area (Å²) in [5.41, 5.74) is 4.48. The summed E-state index contributed by atoms with van der Waals surface area (Å²) in [5, 5.41) is 13.7. The maximum Gasteiger partial charge on any atom is 0.263 e. The standard InChI is InChI=1S/C22H25N7O2S/c1-23-20(30)6-4-2-3-5-17(28-22(31)19-12-24-13-32-19)21-25-11-18(27-21)14-7-8-16-15(9-14)10-26-29-16/h7-13,17H,2-6H2,1H3,(H,23,30)(H,25,27)(H,26,29)(H,28,31)/t17-/m0/s1. The van der Waals surface area contributed by atoms with Crippen molar-refractivity contribution in [2.75, 3.05) is 7.05 Å². The van der Waals surface area contributed by atoms with Crippen LogP contribution in [0.3, 0.4) is 0 Å². The number of aromatic nitrogens is 5. The molecular formula is C22H25N7O2S. The highest BCUT2D eigenvalue weighted by Gasteiger charge is 2.20. The van der Waals surface area contributed by atoms with Gasteiger partial charge in [-0.3, -0.25) is 19.7 Å². The van der Waals surface area contributed by atoms with Gasteiger partial charge in [0.05, 0.1) is 41.4 Å². The molecule has 0 aliphatic heterocycles. The topological polar surface area (TPSA) is 128 Å². The summed E-state index contributed by atoms with van der Waals surface area (Å²) in [6, 6.07) is 5.76. The average molecular weight is 452 g/mol. The molecule has 0 saturated heterocycles. The quantitative estimate of drug-likeness (QED) is 0.274. The van der Waals surface area contributed by atoms with Crippen LogP contribution in [0, 0.1) is 0 Å². The lowest BCUT2D eigenvalue weighted by molar-refractivity contribution is -0.120. The number of fused-ring (bicyclic) bond motifs is 1. The Kier molecular flexibility index (Phi) is 6.90. The first kappa shape index (κ1) is 21.7. The van der Waals surface area contributed by atoms with Gasteiger partial charge in [0, 0.05) is 24.4 Å². The first-order valence-corrected chi connectivity index (χ1v) is 11.4. The third-order valence-corrected chi connectivity index (χ3v) is 6.09. The molecule has 1 atom stereocenters. The minimum Gasteiger partial charge on any atom is -0.359 e. The normalized spacial score (nSPS) is 12.0. The smallest absolute Gasteiger partial charge is 0.263 e. The van der Waals surface area contributed by atoms with Crippen molar-refractivity contribution in [3.63, 3.8) is 0 Å². The SMILES string of the molecule is CNC(=O)CCCCC[C@H](NC(=O)c1cncs1)c1ncc(-c2ccc3[nH]ncc3c2)[nH]1. The Hall–Kier alpha value is -3.53. The zero-order valence-corrected chi connectivity index (χ0v) is 18.5. The summed E-state index contributed by atoms with van der Waals surface area (Å²) in [4.78, 5) is 36.6. The number of nitrogens with zero attached hydrogens (tertiary/aromatic N) is 3. The number of aromatic amines is 2. The molecule has 0 saturated carbocycles. The maximum absolute atomic E-state index is 12.7. The number of hydrogen-bond donors (Lipinski definition) is 4. The van der Waals surface area contributed by atoms with Crippen molar-refractivity contribution in [2.45, 2.75) is 38.1 Å². The van der Waals surface area contributed by atoms with Crippen LogP contribution in [-0.2, 0) is 4.79 Å². The van der Waals surface area contributed by atoms with Crippen molar-refractivity contribution in [1.82, 2.24) is 35.8 Å². The van der Waals surface area contributed by atoms with Crippen molar-refractivity contribution in [3.8, 4) is 11.3 Å². The molecular weight excluding hydrogens is 426 g/mol. The van der Waals surface area contributed by atoms with Crippen LogP contribution in [-0.4, -0.2) is 44.0 Å². The van der Waals surface area contributed by atoms with E-state index in [-0.39, 0.29) is 17.9 Å². The van der Waals surface area contributed by atoms with Crippen molar-refractivity contribution < 1.29 is 9.59 Å². The zero-order valence-electron chi connectivity index (χ0n) is 17.7. The molecule has 4 rings (SSSR count). The molecule has 0 spiro atoms. The van der Waals surface area contributed by atoms with Crippen molar-refractivity contribution >= 4 is 34.1 Å². The second kappa shape index (κ2) is 10.2. The first-order valence-electron chi connectivity index (χ1n) is 10.5. The molecule has 166 valence electrons. The number of imidazole rings is 1. The third-order valence-electron chi connectivity index (χ3n) is 5.31. The van der Waals surface area contributed by atoms with Gasteiger partial charge < -0.3 is 15.6 Å². The van der Waals surface area contributed by atoms with Crippen LogP contribution in [0.5, 0.6) is 0 Å². The van der Waals surface area contributed by atoms with E-state index in [9.17, 15) is 9.59 Å². The summed E-state index contributed by atoms with van der Waals surface area (Å²) >= 11 is 1.30. The van der Waals surface area contributed by atoms with Gasteiger partial charge in [-0.25, -0.2) is 4.98 Å². The molecule has 3 aromatic heterocycles. The molecule has 0 aliphatic rings. The van der Waals surface area contributed by atoms with E-state index in [1.165, 1.54) is 11.3 Å². The van der Waals surface area contributed by atoms with Gasteiger partial charge in [-0.2, -0.15) is 5.10 Å². The molecule has 4 aromatic rings. The fourth-order valence-corrected chi connectivity index (χ4v) is 4.06. The molecule has 1 aromatic carbocycles. The van der Waals surface area contributed by atoms with Gasteiger partial charge in [-0.15, -0.1) is 11.3 Å². The van der Waals surface area contributed by atoms with Gasteiger partial charge in [0.1, 0.15) is 10.7 Å². The fourth-order valence-electron chi connectivity index (χ4n) is 3.54. The van der Waals surface area contributed by atoms with Crippen LogP contribution in [0.2, 0.25) is 0 Å². The molecule has 3 heterocycles.